The third kappa shape index (κ3) is 1.74. The van der Waals surface area contributed by atoms with Crippen LogP contribution in [0, 0.1) is 0 Å². The molecule has 0 aliphatic carbocycles. The normalized spacial score (nSPS) is 21.3. The highest BCUT2D eigenvalue weighted by atomic mass is 16.5. The number of carbonyl (C=O) groups excluding carboxylic acids is 1. The first kappa shape index (κ1) is 13.6. The second-order valence-electron chi connectivity index (χ2n) is 5.41. The molecule has 2 aromatic rings. The number of nitrogens with zero attached hydrogens (tertiary/aromatic N) is 4. The topological polar surface area (TPSA) is 78.5 Å². The average Bonchev–Trinajstić information content (AvgIpc) is 2.88. The van der Waals surface area contributed by atoms with Crippen LogP contribution >= 0.6 is 0 Å². The molecule has 2 unspecified atom stereocenters. The Morgan fingerprint density at radius 2 is 1.78 bits per heavy atom. The molecule has 2 atom stereocenters. The van der Waals surface area contributed by atoms with Crippen molar-refractivity contribution in [2.24, 2.45) is 0 Å². The lowest BCUT2D eigenvalue weighted by atomic mass is 10.1. The molecule has 8 nitrogen and oxygen atoms in total. The van der Waals surface area contributed by atoms with Gasteiger partial charge in [-0.2, -0.15) is 0 Å². The average molecular weight is 314 g/mol. The molecule has 0 radical (unpaired) electrons. The third-order valence-electron chi connectivity index (χ3n) is 4.20. The molecule has 3 aliphatic rings. The zero-order chi connectivity index (χ0) is 16.1. The number of ether oxygens (including phenoxy) is 1. The molecule has 5 rings (SSSR count). The summed E-state index contributed by atoms with van der Waals surface area (Å²) in [5.74, 6) is 0. The van der Waals surface area contributed by atoms with Crippen LogP contribution in [-0.2, 0) is 4.74 Å². The van der Waals surface area contributed by atoms with Crippen LogP contribution in [-0.4, -0.2) is 38.6 Å². The Hall–Kier alpha value is -3.03. The van der Waals surface area contributed by atoms with Crippen LogP contribution in [0.4, 0.5) is 4.79 Å². The lowest BCUT2D eigenvalue weighted by molar-refractivity contribution is 0.0512. The first-order valence-electron chi connectivity index (χ1n) is 7.18. The standard InChI is InChI=1S/C15H14N4O4/c1-23-15(22)16-9-11-7-8-12(16)19-14(21)17(13(20)18(11)19)10-5-3-2-4-6-10/h2-8,11-12H,9H2,1H3. The summed E-state index contributed by atoms with van der Waals surface area (Å²) in [6, 6.07) is 8.34. The van der Waals surface area contributed by atoms with Gasteiger partial charge in [-0.15, -0.1) is 0 Å². The van der Waals surface area contributed by atoms with Crippen molar-refractivity contribution in [2.75, 3.05) is 13.7 Å². The van der Waals surface area contributed by atoms with Gasteiger partial charge in [0.05, 0.1) is 25.4 Å². The van der Waals surface area contributed by atoms with Gasteiger partial charge in [0.15, 0.2) is 6.17 Å². The minimum Gasteiger partial charge on any atom is -0.453 e. The van der Waals surface area contributed by atoms with Crippen LogP contribution in [0.1, 0.15) is 12.2 Å². The van der Waals surface area contributed by atoms with Crippen LogP contribution in [0.2, 0.25) is 0 Å². The van der Waals surface area contributed by atoms with Gasteiger partial charge in [-0.25, -0.2) is 28.3 Å². The van der Waals surface area contributed by atoms with Crippen molar-refractivity contribution < 1.29 is 9.53 Å². The highest BCUT2D eigenvalue weighted by Gasteiger charge is 2.41. The Balaban J connectivity index is 1.94. The number of amides is 1. The molecule has 3 aliphatic heterocycles. The number of aromatic nitrogens is 3. The van der Waals surface area contributed by atoms with Crippen LogP contribution in [0.3, 0.4) is 0 Å². The van der Waals surface area contributed by atoms with Crippen molar-refractivity contribution in [3.63, 3.8) is 0 Å². The van der Waals surface area contributed by atoms with E-state index in [0.717, 1.165) is 4.57 Å². The summed E-state index contributed by atoms with van der Waals surface area (Å²) < 4.78 is 8.59. The second kappa shape index (κ2) is 4.73. The highest BCUT2D eigenvalue weighted by molar-refractivity contribution is 5.68. The van der Waals surface area contributed by atoms with Crippen molar-refractivity contribution in [1.29, 1.82) is 0 Å². The fourth-order valence-electron chi connectivity index (χ4n) is 3.19. The summed E-state index contributed by atoms with van der Waals surface area (Å²) in [6.45, 7) is 0.298. The van der Waals surface area contributed by atoms with Crippen molar-refractivity contribution >= 4 is 6.09 Å². The zero-order valence-corrected chi connectivity index (χ0v) is 12.3. The lowest BCUT2D eigenvalue weighted by Gasteiger charge is -2.41. The third-order valence-corrected chi connectivity index (χ3v) is 4.20. The molecule has 8 heteroatoms. The zero-order valence-electron chi connectivity index (χ0n) is 12.3. The SMILES string of the molecule is COC(=O)N1CC2C=CC1n1c(=O)n(-c3ccccc3)c(=O)n12. The van der Waals surface area contributed by atoms with Crippen molar-refractivity contribution in [3.05, 3.63) is 63.5 Å². The summed E-state index contributed by atoms with van der Waals surface area (Å²) in [5, 5.41) is 0. The second-order valence-corrected chi connectivity index (χ2v) is 5.41. The Morgan fingerprint density at radius 1 is 1.09 bits per heavy atom. The van der Waals surface area contributed by atoms with E-state index in [-0.39, 0.29) is 6.04 Å². The van der Waals surface area contributed by atoms with E-state index < -0.39 is 23.6 Å². The molecule has 0 spiro atoms. The Bertz CT molecular complexity index is 921. The summed E-state index contributed by atoms with van der Waals surface area (Å²) in [4.78, 5) is 38.8. The number of hydrogen-bond acceptors (Lipinski definition) is 4. The van der Waals surface area contributed by atoms with Crippen LogP contribution in [0.15, 0.2) is 52.1 Å². The monoisotopic (exact) mass is 314 g/mol. The minimum absolute atomic E-state index is 0.298. The molecule has 118 valence electrons. The van der Waals surface area contributed by atoms with E-state index >= 15 is 0 Å². The first-order chi connectivity index (χ1) is 11.1. The number of methoxy groups -OCH3 is 1. The van der Waals surface area contributed by atoms with Gasteiger partial charge >= 0.3 is 17.5 Å². The van der Waals surface area contributed by atoms with Gasteiger partial charge in [0.25, 0.3) is 0 Å². The summed E-state index contributed by atoms with van der Waals surface area (Å²) in [6.07, 6.45) is 2.39. The fourth-order valence-corrected chi connectivity index (χ4v) is 3.19. The molecule has 0 saturated heterocycles. The van der Waals surface area contributed by atoms with Crippen molar-refractivity contribution in [2.45, 2.75) is 12.2 Å². The maximum Gasteiger partial charge on any atom is 0.411 e. The fraction of sp³-hybridized carbons (Fsp3) is 0.267. The molecule has 2 bridgehead atoms. The molecule has 1 amide bonds. The van der Waals surface area contributed by atoms with E-state index in [2.05, 4.69) is 0 Å². The smallest absolute Gasteiger partial charge is 0.411 e. The number of para-hydroxylation sites is 1. The van der Waals surface area contributed by atoms with Gasteiger partial charge in [-0.1, -0.05) is 24.3 Å². The van der Waals surface area contributed by atoms with Crippen LogP contribution < -0.4 is 11.4 Å². The Kier molecular flexibility index (Phi) is 2.80. The molecule has 4 heterocycles. The van der Waals surface area contributed by atoms with Gasteiger partial charge in [0, 0.05) is 0 Å². The maximum absolute atomic E-state index is 12.8. The Morgan fingerprint density at radius 3 is 2.48 bits per heavy atom. The molecular weight excluding hydrogens is 300 g/mol. The Labute approximate surface area is 130 Å². The lowest BCUT2D eigenvalue weighted by Crippen LogP contribution is -2.53. The number of hydrogen-bond donors (Lipinski definition) is 0. The number of rotatable bonds is 1. The van der Waals surface area contributed by atoms with Crippen LogP contribution in [0.5, 0.6) is 0 Å². The molecule has 1 aromatic heterocycles. The quantitative estimate of drug-likeness (QED) is 0.718. The number of carbonyl (C=O) groups is 1. The van der Waals surface area contributed by atoms with Gasteiger partial charge in [-0.05, 0) is 18.2 Å². The van der Waals surface area contributed by atoms with Gasteiger partial charge in [0.2, 0.25) is 0 Å². The predicted octanol–water partition coefficient (Wildman–Crippen LogP) is 0.492. The summed E-state index contributed by atoms with van der Waals surface area (Å²) in [7, 11) is 1.29. The summed E-state index contributed by atoms with van der Waals surface area (Å²) in [5.41, 5.74) is -0.389. The molecule has 0 N–H and O–H groups in total. The number of fused-ring (bicyclic) bond motifs is 1. The van der Waals surface area contributed by atoms with Gasteiger partial charge in [-0.3, -0.25) is 4.90 Å². The minimum atomic E-state index is -0.655. The molecule has 0 fully saturated rings. The van der Waals surface area contributed by atoms with Crippen molar-refractivity contribution in [3.8, 4) is 5.69 Å². The van der Waals surface area contributed by atoms with Gasteiger partial charge < -0.3 is 4.74 Å². The maximum atomic E-state index is 12.8. The molecule has 1 aromatic carbocycles. The van der Waals surface area contributed by atoms with E-state index in [1.807, 2.05) is 12.1 Å². The summed E-state index contributed by atoms with van der Waals surface area (Å²) >= 11 is 0. The van der Waals surface area contributed by atoms with E-state index in [0.29, 0.717) is 12.2 Å². The van der Waals surface area contributed by atoms with E-state index in [1.54, 1.807) is 30.3 Å². The largest absolute Gasteiger partial charge is 0.453 e. The van der Waals surface area contributed by atoms with E-state index in [9.17, 15) is 14.4 Å². The van der Waals surface area contributed by atoms with E-state index in [4.69, 9.17) is 4.74 Å². The van der Waals surface area contributed by atoms with Gasteiger partial charge in [0.1, 0.15) is 0 Å². The molecule has 23 heavy (non-hydrogen) atoms. The highest BCUT2D eigenvalue weighted by Crippen LogP contribution is 2.30. The first-order valence-corrected chi connectivity index (χ1v) is 7.18. The van der Waals surface area contributed by atoms with Crippen LogP contribution in [0.25, 0.3) is 5.69 Å². The van der Waals surface area contributed by atoms with E-state index in [1.165, 1.54) is 21.4 Å². The van der Waals surface area contributed by atoms with Crippen molar-refractivity contribution in [1.82, 2.24) is 18.8 Å². The molecular formula is C15H14N4O4. The number of benzene rings is 1. The predicted molar refractivity (Wildman–Crippen MR) is 80.6 cm³/mol. The molecule has 0 saturated carbocycles.